The standard InChI is InChI=1S/C10H20N2O2/c1-2-14-7-3-5-12-10(13)9-4-6-11-8-9/h9,11H,2-8H2,1H3,(H,12,13). The first-order chi connectivity index (χ1) is 6.84. The van der Waals surface area contributed by atoms with Crippen LogP contribution in [-0.2, 0) is 9.53 Å². The molecule has 0 saturated carbocycles. The molecule has 1 aliphatic rings. The van der Waals surface area contributed by atoms with Gasteiger partial charge in [0, 0.05) is 26.3 Å². The van der Waals surface area contributed by atoms with E-state index in [1.165, 1.54) is 0 Å². The average molecular weight is 200 g/mol. The summed E-state index contributed by atoms with van der Waals surface area (Å²) in [5, 5.41) is 6.10. The Morgan fingerprint density at radius 1 is 1.64 bits per heavy atom. The van der Waals surface area contributed by atoms with Crippen molar-refractivity contribution >= 4 is 5.91 Å². The molecule has 0 spiro atoms. The zero-order valence-corrected chi connectivity index (χ0v) is 8.84. The molecule has 0 radical (unpaired) electrons. The molecule has 1 amide bonds. The van der Waals surface area contributed by atoms with E-state index in [0.717, 1.165) is 45.7 Å². The van der Waals surface area contributed by atoms with Crippen LogP contribution in [0.1, 0.15) is 19.8 Å². The van der Waals surface area contributed by atoms with Crippen LogP contribution in [0, 0.1) is 5.92 Å². The second-order valence-corrected chi connectivity index (χ2v) is 3.53. The molecule has 1 unspecified atom stereocenters. The highest BCUT2D eigenvalue weighted by Crippen LogP contribution is 2.06. The molecule has 1 rings (SSSR count). The van der Waals surface area contributed by atoms with Crippen molar-refractivity contribution in [2.24, 2.45) is 5.92 Å². The zero-order chi connectivity index (χ0) is 10.2. The molecule has 4 nitrogen and oxygen atoms in total. The van der Waals surface area contributed by atoms with Crippen LogP contribution in [0.15, 0.2) is 0 Å². The molecule has 0 aliphatic carbocycles. The number of amides is 1. The van der Waals surface area contributed by atoms with Gasteiger partial charge in [0.05, 0.1) is 5.92 Å². The Morgan fingerprint density at radius 2 is 2.50 bits per heavy atom. The summed E-state index contributed by atoms with van der Waals surface area (Å²) in [7, 11) is 0. The van der Waals surface area contributed by atoms with E-state index in [2.05, 4.69) is 10.6 Å². The Morgan fingerprint density at radius 3 is 3.14 bits per heavy atom. The first-order valence-corrected chi connectivity index (χ1v) is 5.40. The Bertz CT molecular complexity index is 168. The lowest BCUT2D eigenvalue weighted by Gasteiger charge is -2.09. The summed E-state index contributed by atoms with van der Waals surface area (Å²) < 4.78 is 5.18. The van der Waals surface area contributed by atoms with Crippen LogP contribution in [-0.4, -0.2) is 38.8 Å². The van der Waals surface area contributed by atoms with E-state index in [1.54, 1.807) is 0 Å². The van der Waals surface area contributed by atoms with Gasteiger partial charge < -0.3 is 15.4 Å². The molecular formula is C10H20N2O2. The van der Waals surface area contributed by atoms with Gasteiger partial charge in [0.25, 0.3) is 0 Å². The van der Waals surface area contributed by atoms with Gasteiger partial charge in [-0.15, -0.1) is 0 Å². The van der Waals surface area contributed by atoms with Crippen molar-refractivity contribution in [1.29, 1.82) is 0 Å². The number of ether oxygens (including phenoxy) is 1. The minimum absolute atomic E-state index is 0.182. The van der Waals surface area contributed by atoms with E-state index in [1.807, 2.05) is 6.92 Å². The monoisotopic (exact) mass is 200 g/mol. The molecule has 14 heavy (non-hydrogen) atoms. The second kappa shape index (κ2) is 6.79. The van der Waals surface area contributed by atoms with Crippen molar-refractivity contribution < 1.29 is 9.53 Å². The molecule has 1 saturated heterocycles. The third-order valence-electron chi connectivity index (χ3n) is 2.40. The molecule has 0 aromatic carbocycles. The molecule has 1 aliphatic heterocycles. The lowest BCUT2D eigenvalue weighted by atomic mass is 10.1. The van der Waals surface area contributed by atoms with E-state index < -0.39 is 0 Å². The van der Waals surface area contributed by atoms with Crippen LogP contribution >= 0.6 is 0 Å². The summed E-state index contributed by atoms with van der Waals surface area (Å²) in [6.07, 6.45) is 1.87. The van der Waals surface area contributed by atoms with Crippen LogP contribution in [0.5, 0.6) is 0 Å². The number of rotatable bonds is 6. The normalized spacial score (nSPS) is 21.1. The van der Waals surface area contributed by atoms with Crippen LogP contribution in [0.4, 0.5) is 0 Å². The quantitative estimate of drug-likeness (QED) is 0.600. The average Bonchev–Trinajstić information content (AvgIpc) is 2.70. The zero-order valence-electron chi connectivity index (χ0n) is 8.84. The van der Waals surface area contributed by atoms with E-state index >= 15 is 0 Å². The third-order valence-corrected chi connectivity index (χ3v) is 2.40. The fraction of sp³-hybridized carbons (Fsp3) is 0.900. The summed E-state index contributed by atoms with van der Waals surface area (Å²) in [4.78, 5) is 11.5. The Hall–Kier alpha value is -0.610. The molecule has 82 valence electrons. The summed E-state index contributed by atoms with van der Waals surface area (Å²) in [5.74, 6) is 0.369. The van der Waals surface area contributed by atoms with Crippen molar-refractivity contribution in [3.8, 4) is 0 Å². The summed E-state index contributed by atoms with van der Waals surface area (Å²) >= 11 is 0. The van der Waals surface area contributed by atoms with Gasteiger partial charge >= 0.3 is 0 Å². The first kappa shape index (κ1) is 11.5. The first-order valence-electron chi connectivity index (χ1n) is 5.40. The van der Waals surface area contributed by atoms with Crippen LogP contribution in [0.3, 0.4) is 0 Å². The maximum Gasteiger partial charge on any atom is 0.224 e. The van der Waals surface area contributed by atoms with Gasteiger partial charge in [-0.1, -0.05) is 0 Å². The lowest BCUT2D eigenvalue weighted by Crippen LogP contribution is -2.32. The molecule has 2 N–H and O–H groups in total. The number of carbonyl (C=O) groups is 1. The van der Waals surface area contributed by atoms with Gasteiger partial charge in [-0.05, 0) is 26.3 Å². The SMILES string of the molecule is CCOCCCNC(=O)C1CCNC1. The Kier molecular flexibility index (Phi) is 5.56. The van der Waals surface area contributed by atoms with Gasteiger partial charge in [0.2, 0.25) is 5.91 Å². The number of nitrogens with one attached hydrogen (secondary N) is 2. The van der Waals surface area contributed by atoms with Crippen LogP contribution < -0.4 is 10.6 Å². The van der Waals surface area contributed by atoms with E-state index in [-0.39, 0.29) is 11.8 Å². The van der Waals surface area contributed by atoms with Gasteiger partial charge in [-0.3, -0.25) is 4.79 Å². The van der Waals surface area contributed by atoms with Gasteiger partial charge in [0.15, 0.2) is 0 Å². The molecule has 0 bridgehead atoms. The molecule has 1 fully saturated rings. The van der Waals surface area contributed by atoms with Crippen molar-refractivity contribution in [2.45, 2.75) is 19.8 Å². The lowest BCUT2D eigenvalue weighted by molar-refractivity contribution is -0.124. The Balaban J connectivity index is 1.97. The van der Waals surface area contributed by atoms with Gasteiger partial charge in [0.1, 0.15) is 0 Å². The van der Waals surface area contributed by atoms with Crippen LogP contribution in [0.25, 0.3) is 0 Å². The summed E-state index contributed by atoms with van der Waals surface area (Å²) in [6.45, 7) is 5.99. The molecule has 0 aromatic rings. The molecule has 0 aromatic heterocycles. The van der Waals surface area contributed by atoms with E-state index in [9.17, 15) is 4.79 Å². The van der Waals surface area contributed by atoms with Crippen molar-refractivity contribution in [3.05, 3.63) is 0 Å². The van der Waals surface area contributed by atoms with E-state index in [4.69, 9.17) is 4.74 Å². The number of hydrogen-bond donors (Lipinski definition) is 2. The maximum atomic E-state index is 11.5. The van der Waals surface area contributed by atoms with Crippen molar-refractivity contribution in [2.75, 3.05) is 32.8 Å². The maximum absolute atomic E-state index is 11.5. The van der Waals surface area contributed by atoms with Gasteiger partial charge in [-0.25, -0.2) is 0 Å². The number of hydrogen-bond acceptors (Lipinski definition) is 3. The molecule has 1 atom stereocenters. The highest BCUT2D eigenvalue weighted by molar-refractivity contribution is 5.79. The third kappa shape index (κ3) is 4.07. The minimum Gasteiger partial charge on any atom is -0.382 e. The van der Waals surface area contributed by atoms with Crippen molar-refractivity contribution in [3.63, 3.8) is 0 Å². The minimum atomic E-state index is 0.182. The largest absolute Gasteiger partial charge is 0.382 e. The van der Waals surface area contributed by atoms with Crippen molar-refractivity contribution in [1.82, 2.24) is 10.6 Å². The highest BCUT2D eigenvalue weighted by atomic mass is 16.5. The summed E-state index contributed by atoms with van der Waals surface area (Å²) in [5.41, 5.74) is 0. The van der Waals surface area contributed by atoms with E-state index in [0.29, 0.717) is 0 Å². The predicted octanol–water partition coefficient (Wildman–Crippen LogP) is 0.139. The highest BCUT2D eigenvalue weighted by Gasteiger charge is 2.21. The molecular weight excluding hydrogens is 180 g/mol. The smallest absolute Gasteiger partial charge is 0.224 e. The van der Waals surface area contributed by atoms with Gasteiger partial charge in [-0.2, -0.15) is 0 Å². The fourth-order valence-corrected chi connectivity index (χ4v) is 1.55. The molecule has 1 heterocycles. The topological polar surface area (TPSA) is 50.4 Å². The Labute approximate surface area is 85.4 Å². The van der Waals surface area contributed by atoms with Crippen LogP contribution in [0.2, 0.25) is 0 Å². The number of carbonyl (C=O) groups excluding carboxylic acids is 1. The summed E-state index contributed by atoms with van der Waals surface area (Å²) in [6, 6.07) is 0. The predicted molar refractivity (Wildman–Crippen MR) is 55.1 cm³/mol. The molecule has 4 heteroatoms. The fourth-order valence-electron chi connectivity index (χ4n) is 1.55. The second-order valence-electron chi connectivity index (χ2n) is 3.53.